The number of aromatic nitrogens is 3. The van der Waals surface area contributed by atoms with E-state index in [1.165, 1.54) is 0 Å². The van der Waals surface area contributed by atoms with E-state index in [4.69, 9.17) is 24.3 Å². The summed E-state index contributed by atoms with van der Waals surface area (Å²) in [5.74, 6) is 2.29. The van der Waals surface area contributed by atoms with E-state index in [0.717, 1.165) is 57.4 Å². The van der Waals surface area contributed by atoms with Gasteiger partial charge in [0.2, 0.25) is 0 Å². The molecule has 0 bridgehead atoms. The third-order valence-electron chi connectivity index (χ3n) is 6.53. The fraction of sp³-hybridized carbons (Fsp3) is 0.296. The molecule has 0 saturated heterocycles. The van der Waals surface area contributed by atoms with Crippen LogP contribution in [0, 0.1) is 0 Å². The van der Waals surface area contributed by atoms with Crippen LogP contribution in [-0.2, 0) is 12.8 Å². The first-order valence-corrected chi connectivity index (χ1v) is 11.4. The molecule has 2 aromatic carbocycles. The number of nitrogens with zero attached hydrogens (tertiary/aromatic N) is 3. The molecule has 7 heteroatoms. The summed E-state index contributed by atoms with van der Waals surface area (Å²) in [5, 5.41) is 4.75. The van der Waals surface area contributed by atoms with Gasteiger partial charge in [0.1, 0.15) is 17.2 Å². The Bertz CT molecular complexity index is 1380. The standard InChI is InChI=1S/C27H27N3O4/c1-5-22-26(16-6-8-18(32-2)9-7-16)27-28-23-12-17(13-24(31)21(23)15-30(27)29-22)20-11-10-19(33-3)14-25(20)34-4/h6-11,14-15,17H,5,12-13H2,1-4H3. The molecule has 0 spiro atoms. The van der Waals surface area contributed by atoms with Crippen LogP contribution < -0.4 is 14.2 Å². The second-order valence-electron chi connectivity index (χ2n) is 8.41. The van der Waals surface area contributed by atoms with Crippen LogP contribution in [0.4, 0.5) is 0 Å². The van der Waals surface area contributed by atoms with Gasteiger partial charge in [0.25, 0.3) is 0 Å². The lowest BCUT2D eigenvalue weighted by molar-refractivity contribution is 0.0962. The molecule has 0 N–H and O–H groups in total. The molecule has 0 radical (unpaired) electrons. The van der Waals surface area contributed by atoms with Crippen molar-refractivity contribution in [1.29, 1.82) is 0 Å². The molecule has 1 aliphatic carbocycles. The molecule has 4 aromatic rings. The number of hydrogen-bond donors (Lipinski definition) is 0. The molecule has 2 heterocycles. The number of rotatable bonds is 6. The summed E-state index contributed by atoms with van der Waals surface area (Å²) in [6, 6.07) is 13.7. The highest BCUT2D eigenvalue weighted by Gasteiger charge is 2.31. The molecule has 0 saturated carbocycles. The molecule has 1 aliphatic rings. The van der Waals surface area contributed by atoms with E-state index in [1.807, 2.05) is 48.7 Å². The second kappa shape index (κ2) is 8.82. The van der Waals surface area contributed by atoms with Crippen molar-refractivity contribution in [2.24, 2.45) is 0 Å². The average Bonchev–Trinajstić information content (AvgIpc) is 3.24. The zero-order valence-electron chi connectivity index (χ0n) is 19.8. The van der Waals surface area contributed by atoms with Crippen molar-refractivity contribution in [2.45, 2.75) is 32.1 Å². The third kappa shape index (κ3) is 3.67. The Kier molecular flexibility index (Phi) is 5.69. The first-order valence-electron chi connectivity index (χ1n) is 11.4. The average molecular weight is 458 g/mol. The minimum atomic E-state index is -0.0196. The van der Waals surface area contributed by atoms with Crippen molar-refractivity contribution >= 4 is 11.4 Å². The summed E-state index contributed by atoms with van der Waals surface area (Å²) in [5.41, 5.74) is 6.14. The predicted octanol–water partition coefficient (Wildman–Crippen LogP) is 4.90. The smallest absolute Gasteiger partial charge is 0.166 e. The van der Waals surface area contributed by atoms with Gasteiger partial charge in [-0.25, -0.2) is 9.50 Å². The van der Waals surface area contributed by atoms with Crippen molar-refractivity contribution in [1.82, 2.24) is 14.6 Å². The molecule has 174 valence electrons. The molecule has 2 aromatic heterocycles. The van der Waals surface area contributed by atoms with Gasteiger partial charge >= 0.3 is 0 Å². The summed E-state index contributed by atoms with van der Waals surface area (Å²) < 4.78 is 18.0. The maximum atomic E-state index is 13.2. The van der Waals surface area contributed by atoms with Crippen LogP contribution in [-0.4, -0.2) is 41.7 Å². The number of hydrogen-bond acceptors (Lipinski definition) is 6. The summed E-state index contributed by atoms with van der Waals surface area (Å²) in [6.07, 6.45) is 3.65. The van der Waals surface area contributed by atoms with Gasteiger partial charge in [-0.1, -0.05) is 25.1 Å². The molecule has 5 rings (SSSR count). The minimum absolute atomic E-state index is 0.0196. The number of carbonyl (C=O) groups is 1. The molecular weight excluding hydrogens is 430 g/mol. The van der Waals surface area contributed by atoms with E-state index in [9.17, 15) is 4.79 Å². The van der Waals surface area contributed by atoms with Crippen LogP contribution in [0.5, 0.6) is 17.2 Å². The van der Waals surface area contributed by atoms with E-state index in [-0.39, 0.29) is 11.7 Å². The largest absolute Gasteiger partial charge is 0.497 e. The summed E-state index contributed by atoms with van der Waals surface area (Å²) in [4.78, 5) is 18.2. The Hall–Kier alpha value is -3.87. The fourth-order valence-corrected chi connectivity index (χ4v) is 4.76. The van der Waals surface area contributed by atoms with Crippen molar-refractivity contribution in [2.75, 3.05) is 21.3 Å². The third-order valence-corrected chi connectivity index (χ3v) is 6.53. The zero-order chi connectivity index (χ0) is 23.8. The second-order valence-corrected chi connectivity index (χ2v) is 8.41. The van der Waals surface area contributed by atoms with E-state index in [1.54, 1.807) is 25.8 Å². The summed E-state index contributed by atoms with van der Waals surface area (Å²) in [7, 11) is 4.92. The molecule has 0 amide bonds. The van der Waals surface area contributed by atoms with E-state index < -0.39 is 0 Å². The summed E-state index contributed by atoms with van der Waals surface area (Å²) >= 11 is 0. The Balaban J connectivity index is 1.60. The molecule has 1 unspecified atom stereocenters. The van der Waals surface area contributed by atoms with Crippen LogP contribution >= 0.6 is 0 Å². The van der Waals surface area contributed by atoms with Crippen LogP contribution in [0.1, 0.15) is 46.6 Å². The lowest BCUT2D eigenvalue weighted by atomic mass is 9.81. The van der Waals surface area contributed by atoms with Crippen molar-refractivity contribution in [3.05, 3.63) is 71.2 Å². The molecule has 0 fully saturated rings. The lowest BCUT2D eigenvalue weighted by Gasteiger charge is -2.25. The van der Waals surface area contributed by atoms with Gasteiger partial charge in [-0.2, -0.15) is 5.10 Å². The minimum Gasteiger partial charge on any atom is -0.497 e. The Morgan fingerprint density at radius 2 is 1.71 bits per heavy atom. The van der Waals surface area contributed by atoms with Crippen LogP contribution in [0.2, 0.25) is 0 Å². The highest BCUT2D eigenvalue weighted by molar-refractivity contribution is 5.99. The first-order chi connectivity index (χ1) is 16.6. The Morgan fingerprint density at radius 1 is 0.971 bits per heavy atom. The first kappa shape index (κ1) is 21.9. The van der Waals surface area contributed by atoms with Crippen molar-refractivity contribution < 1.29 is 19.0 Å². The number of aryl methyl sites for hydroxylation is 1. The molecule has 1 atom stereocenters. The topological polar surface area (TPSA) is 75.0 Å². The Labute approximate surface area is 198 Å². The molecular formula is C27H27N3O4. The van der Waals surface area contributed by atoms with E-state index >= 15 is 0 Å². The van der Waals surface area contributed by atoms with E-state index in [0.29, 0.717) is 18.4 Å². The van der Waals surface area contributed by atoms with Gasteiger partial charge in [-0.05, 0) is 42.2 Å². The number of benzene rings is 2. The number of ether oxygens (including phenoxy) is 3. The zero-order valence-corrected chi connectivity index (χ0v) is 19.8. The normalized spacial score (nSPS) is 15.3. The monoisotopic (exact) mass is 457 g/mol. The van der Waals surface area contributed by atoms with Crippen molar-refractivity contribution in [3.63, 3.8) is 0 Å². The van der Waals surface area contributed by atoms with Gasteiger partial charge in [-0.3, -0.25) is 4.79 Å². The number of fused-ring (bicyclic) bond motifs is 2. The molecule has 7 nitrogen and oxygen atoms in total. The van der Waals surface area contributed by atoms with Crippen LogP contribution in [0.15, 0.2) is 48.7 Å². The van der Waals surface area contributed by atoms with Gasteiger partial charge in [0.15, 0.2) is 11.4 Å². The van der Waals surface area contributed by atoms with Gasteiger partial charge in [0, 0.05) is 30.2 Å². The van der Waals surface area contributed by atoms with E-state index in [2.05, 4.69) is 6.92 Å². The molecule has 34 heavy (non-hydrogen) atoms. The highest BCUT2D eigenvalue weighted by Crippen LogP contribution is 2.39. The van der Waals surface area contributed by atoms with Gasteiger partial charge in [0.05, 0.1) is 38.3 Å². The van der Waals surface area contributed by atoms with Gasteiger partial charge in [-0.15, -0.1) is 0 Å². The Morgan fingerprint density at radius 3 is 2.38 bits per heavy atom. The number of methoxy groups -OCH3 is 3. The molecule has 0 aliphatic heterocycles. The lowest BCUT2D eigenvalue weighted by Crippen LogP contribution is -2.21. The number of ketones is 1. The number of Topliss-reactive ketones (excluding diaryl/α,β-unsaturated/α-hetero) is 1. The van der Waals surface area contributed by atoms with Crippen LogP contribution in [0.25, 0.3) is 16.8 Å². The summed E-state index contributed by atoms with van der Waals surface area (Å²) in [6.45, 7) is 2.08. The maximum absolute atomic E-state index is 13.2. The highest BCUT2D eigenvalue weighted by atomic mass is 16.5. The number of carbonyl (C=O) groups excluding carboxylic acids is 1. The van der Waals surface area contributed by atoms with Crippen LogP contribution in [0.3, 0.4) is 0 Å². The quantitative estimate of drug-likeness (QED) is 0.410. The fourth-order valence-electron chi connectivity index (χ4n) is 4.76. The SMILES string of the molecule is CCc1nn2cc3c(nc2c1-c1ccc(OC)cc1)CC(c1ccc(OC)cc1OC)CC3=O. The van der Waals surface area contributed by atoms with Crippen molar-refractivity contribution in [3.8, 4) is 28.4 Å². The van der Waals surface area contributed by atoms with Gasteiger partial charge < -0.3 is 14.2 Å². The predicted molar refractivity (Wildman–Crippen MR) is 129 cm³/mol. The maximum Gasteiger partial charge on any atom is 0.166 e.